The number of fused-ring (bicyclic) bond motifs is 4. The Bertz CT molecular complexity index is 1660. The molecule has 1 radical (unpaired) electrons. The van der Waals surface area contributed by atoms with Crippen LogP contribution in [-0.4, -0.2) is 52.5 Å². The molecule has 0 bridgehead atoms. The molecule has 211 valence electrons. The first-order valence-corrected chi connectivity index (χ1v) is 16.8. The first kappa shape index (κ1) is 30.2. The van der Waals surface area contributed by atoms with Crippen molar-refractivity contribution in [1.29, 1.82) is 0 Å². The Balaban J connectivity index is 0.000000234. The van der Waals surface area contributed by atoms with Gasteiger partial charge < -0.3 is 5.11 Å². The molecule has 0 saturated carbocycles. The molecule has 0 saturated heterocycles. The van der Waals surface area contributed by atoms with Crippen LogP contribution in [-0.2, 0) is 24.9 Å². The Morgan fingerprint density at radius 1 is 0.878 bits per heavy atom. The molecule has 7 heteroatoms. The zero-order chi connectivity index (χ0) is 29.5. The molecule has 0 atom stereocenters. The summed E-state index contributed by atoms with van der Waals surface area (Å²) >= 11 is 0.681. The third-order valence-corrected chi connectivity index (χ3v) is 11.8. The molecule has 2 aliphatic heterocycles. The SMILES string of the molecule is [2H]/C(C(=O)C(C)(C)C)=C(/O)C(C)(C)C.[Ir].[c-]1ccc2c(c1-c1ccccn1)[Se]c1cccc3c1B2c1ccccc1[Se]3. The van der Waals surface area contributed by atoms with Crippen LogP contribution < -0.4 is 34.2 Å². The number of aliphatic hydroxyl groups is 1. The van der Waals surface area contributed by atoms with Crippen LogP contribution in [0.4, 0.5) is 0 Å². The first-order valence-electron chi connectivity index (χ1n) is 13.9. The summed E-state index contributed by atoms with van der Waals surface area (Å²) in [7, 11) is 0. The van der Waals surface area contributed by atoms with Crippen LogP contribution in [0.25, 0.3) is 11.3 Å². The Morgan fingerprint density at radius 2 is 1.54 bits per heavy atom. The summed E-state index contributed by atoms with van der Waals surface area (Å²) in [6, 6.07) is 29.7. The van der Waals surface area contributed by atoms with Crippen molar-refractivity contribution in [3.05, 3.63) is 96.9 Å². The van der Waals surface area contributed by atoms with Gasteiger partial charge in [-0.05, 0) is 0 Å². The van der Waals surface area contributed by atoms with Gasteiger partial charge >= 0.3 is 172 Å². The summed E-state index contributed by atoms with van der Waals surface area (Å²) < 4.78 is 13.6. The molecule has 1 aromatic heterocycles. The van der Waals surface area contributed by atoms with Gasteiger partial charge in [-0.3, -0.25) is 4.79 Å². The molecule has 3 aromatic carbocycles. The topological polar surface area (TPSA) is 50.2 Å². The molecule has 6 rings (SSSR count). The van der Waals surface area contributed by atoms with E-state index in [0.29, 0.717) is 21.7 Å². The molecule has 3 heterocycles. The first-order chi connectivity index (χ1) is 19.4. The van der Waals surface area contributed by atoms with E-state index in [1.54, 1.807) is 51.5 Å². The minimum atomic E-state index is -0.615. The number of ketones is 1. The number of hydrogen-bond donors (Lipinski definition) is 1. The monoisotopic (exact) mass is 852 g/mol. The molecule has 0 unspecified atom stereocenters. The number of allylic oxidation sites excluding steroid dienone is 2. The van der Waals surface area contributed by atoms with Crippen molar-refractivity contribution in [2.75, 3.05) is 0 Å². The van der Waals surface area contributed by atoms with E-state index >= 15 is 0 Å². The number of aliphatic hydroxyl groups excluding tert-OH is 1. The second-order valence-electron chi connectivity index (χ2n) is 12.0. The van der Waals surface area contributed by atoms with E-state index < -0.39 is 10.8 Å². The van der Waals surface area contributed by atoms with Gasteiger partial charge in [-0.1, -0.05) is 41.5 Å². The fraction of sp³-hybridized carbons (Fsp3) is 0.235. The molecule has 0 spiro atoms. The van der Waals surface area contributed by atoms with E-state index in [2.05, 4.69) is 77.8 Å². The van der Waals surface area contributed by atoms with Crippen molar-refractivity contribution >= 4 is 76.6 Å². The average Bonchev–Trinajstić information content (AvgIpc) is 2.95. The predicted octanol–water partition coefficient (Wildman–Crippen LogP) is 2.09. The number of pyridine rings is 1. The number of aromatic nitrogens is 1. The van der Waals surface area contributed by atoms with Gasteiger partial charge in [0.05, 0.1) is 1.37 Å². The van der Waals surface area contributed by atoms with E-state index in [9.17, 15) is 9.90 Å². The van der Waals surface area contributed by atoms with Gasteiger partial charge in [0, 0.05) is 37.0 Å². The van der Waals surface area contributed by atoms with Crippen LogP contribution in [0.3, 0.4) is 0 Å². The van der Waals surface area contributed by atoms with Crippen molar-refractivity contribution in [2.45, 2.75) is 41.5 Å². The molecule has 0 amide bonds. The maximum atomic E-state index is 11.6. The third kappa shape index (κ3) is 6.73. The van der Waals surface area contributed by atoms with Gasteiger partial charge in [0.1, 0.15) is 5.76 Å². The second-order valence-corrected chi connectivity index (χ2v) is 16.5. The third-order valence-electron chi connectivity index (χ3n) is 6.81. The minimum absolute atomic E-state index is 0. The van der Waals surface area contributed by atoms with Crippen LogP contribution >= 0.6 is 0 Å². The number of carbonyl (C=O) groups excluding carboxylic acids is 1. The van der Waals surface area contributed by atoms with Gasteiger partial charge in [-0.15, -0.1) is 0 Å². The molecule has 0 aliphatic carbocycles. The van der Waals surface area contributed by atoms with Gasteiger partial charge in [0.25, 0.3) is 0 Å². The fourth-order valence-electron chi connectivity index (χ4n) is 4.53. The summed E-state index contributed by atoms with van der Waals surface area (Å²) in [6.07, 6.45) is 1.88. The zero-order valence-electron chi connectivity index (χ0n) is 25.0. The quantitative estimate of drug-likeness (QED) is 0.126. The molecule has 1 N–H and O–H groups in total. The average molecular weight is 850 g/mol. The number of rotatable bonds is 2. The molecule has 2 aliphatic rings. The number of carbonyl (C=O) groups is 1. The molecular formula is C34H33BIrNO2Se2-. The Labute approximate surface area is 271 Å². The molecule has 41 heavy (non-hydrogen) atoms. The molecule has 0 fully saturated rings. The molecule has 4 aromatic rings. The Morgan fingerprint density at radius 3 is 2.20 bits per heavy atom. The van der Waals surface area contributed by atoms with Crippen molar-refractivity contribution in [2.24, 2.45) is 10.8 Å². The van der Waals surface area contributed by atoms with Gasteiger partial charge in [0.15, 0.2) is 5.78 Å². The van der Waals surface area contributed by atoms with E-state index in [0.717, 1.165) is 5.69 Å². The summed E-state index contributed by atoms with van der Waals surface area (Å²) in [6.45, 7) is 10.9. The Hall–Kier alpha value is -2.23. The van der Waals surface area contributed by atoms with Crippen molar-refractivity contribution in [3.63, 3.8) is 0 Å². The molecule has 3 nitrogen and oxygen atoms in total. The molecular weight excluding hydrogens is 815 g/mol. The van der Waals surface area contributed by atoms with Crippen LogP contribution in [0.5, 0.6) is 0 Å². The van der Waals surface area contributed by atoms with Crippen LogP contribution in [0.1, 0.15) is 42.9 Å². The second kappa shape index (κ2) is 12.6. The van der Waals surface area contributed by atoms with E-state index in [4.69, 9.17) is 1.37 Å². The van der Waals surface area contributed by atoms with Crippen molar-refractivity contribution in [3.8, 4) is 11.3 Å². The van der Waals surface area contributed by atoms with E-state index in [-0.39, 0.29) is 52.7 Å². The van der Waals surface area contributed by atoms with Gasteiger partial charge in [-0.25, -0.2) is 0 Å². The van der Waals surface area contributed by atoms with Crippen LogP contribution in [0.15, 0.2) is 90.8 Å². The summed E-state index contributed by atoms with van der Waals surface area (Å²) in [5.74, 6) is -0.470. The standard InChI is InChI=1S/C23H13BNSe2.C11H20O2.Ir/c1-2-11-19-16(8-1)24-17-9-5-7-15(18-10-3-4-14-25-18)23(17)27-21-13-6-12-20(26-19)22(21)24;1-10(2,3)8(12)7-9(13)11(4,5)6;/h1-6,8-14H;7,12H,1-6H3;/q-1;;/b;8-7-;/i;7D;. The fourth-order valence-corrected chi connectivity index (χ4v) is 9.98. The summed E-state index contributed by atoms with van der Waals surface area (Å²) in [4.78, 5) is 16.3. The summed E-state index contributed by atoms with van der Waals surface area (Å²) in [5, 5.41) is 9.66. The van der Waals surface area contributed by atoms with Crippen molar-refractivity contribution in [1.82, 2.24) is 4.98 Å². The van der Waals surface area contributed by atoms with Gasteiger partial charge in [0.2, 0.25) is 0 Å². The normalized spacial score (nSPS) is 14.1. The van der Waals surface area contributed by atoms with E-state index in [1.807, 2.05) is 12.3 Å². The Kier molecular flexibility index (Phi) is 9.26. The summed E-state index contributed by atoms with van der Waals surface area (Å²) in [5.41, 5.74) is 5.59. The zero-order valence-corrected chi connectivity index (χ0v) is 29.9. The predicted molar refractivity (Wildman–Crippen MR) is 171 cm³/mol. The number of benzene rings is 3. The van der Waals surface area contributed by atoms with Crippen molar-refractivity contribution < 1.29 is 31.4 Å². The van der Waals surface area contributed by atoms with E-state index in [1.165, 1.54) is 29.9 Å². The van der Waals surface area contributed by atoms with Gasteiger partial charge in [-0.2, -0.15) is 0 Å². The van der Waals surface area contributed by atoms with Crippen LogP contribution in [0, 0.1) is 16.9 Å². The van der Waals surface area contributed by atoms with Crippen LogP contribution in [0.2, 0.25) is 0 Å². The number of nitrogens with zero attached hydrogens (tertiary/aromatic N) is 1. The number of hydrogen-bond acceptors (Lipinski definition) is 3. The maximum absolute atomic E-state index is 11.6.